The summed E-state index contributed by atoms with van der Waals surface area (Å²) in [5.41, 5.74) is 0.709. The molecule has 0 saturated heterocycles. The van der Waals surface area contributed by atoms with Crippen LogP contribution in [-0.2, 0) is 33.7 Å². The number of amides is 1. The number of rotatable bonds is 9. The molecule has 14 heteroatoms. The maximum atomic E-state index is 13.3. The Labute approximate surface area is 264 Å². The molecule has 13 nitrogen and oxygen atoms in total. The minimum absolute atomic E-state index is 0.0287. The molecule has 0 aliphatic carbocycles. The first kappa shape index (κ1) is 31.8. The number of nitrogens with zero attached hydrogens (tertiary/aromatic N) is 4. The van der Waals surface area contributed by atoms with Gasteiger partial charge < -0.3 is 10.1 Å². The molecule has 2 heterocycles. The molecule has 46 heavy (non-hydrogen) atoms. The number of carbonyl (C=O) groups is 2. The van der Waals surface area contributed by atoms with E-state index in [1.54, 1.807) is 87.2 Å². The molecule has 2 aromatic heterocycles. The first-order valence-electron chi connectivity index (χ1n) is 14.1. The fourth-order valence-corrected chi connectivity index (χ4v) is 6.05. The van der Waals surface area contributed by atoms with E-state index in [1.165, 1.54) is 39.2 Å². The summed E-state index contributed by atoms with van der Waals surface area (Å²) >= 11 is 0. The number of nitrogens with one attached hydrogen (secondary N) is 2. The highest BCUT2D eigenvalue weighted by molar-refractivity contribution is 7.92. The smallest absolute Gasteiger partial charge is 0.338 e. The summed E-state index contributed by atoms with van der Waals surface area (Å²) in [6.07, 6.45) is -1.33. The first-order valence-corrected chi connectivity index (χ1v) is 15.6. The quantitative estimate of drug-likeness (QED) is 0.233. The van der Waals surface area contributed by atoms with E-state index in [1.807, 2.05) is 6.07 Å². The predicted octanol–water partition coefficient (Wildman–Crippen LogP) is 3.27. The Morgan fingerprint density at radius 1 is 0.739 bits per heavy atom. The Morgan fingerprint density at radius 3 is 1.78 bits per heavy atom. The van der Waals surface area contributed by atoms with Crippen molar-refractivity contribution in [2.75, 3.05) is 10.0 Å². The van der Waals surface area contributed by atoms with Crippen LogP contribution in [0.4, 0.5) is 11.4 Å². The average Bonchev–Trinajstić information content (AvgIpc) is 3.39. The van der Waals surface area contributed by atoms with Crippen molar-refractivity contribution in [3.63, 3.8) is 0 Å². The van der Waals surface area contributed by atoms with Crippen molar-refractivity contribution in [2.24, 2.45) is 14.1 Å². The predicted molar refractivity (Wildman–Crippen MR) is 172 cm³/mol. The lowest BCUT2D eigenvalue weighted by molar-refractivity contribution is -0.123. The molecule has 1 amide bonds. The summed E-state index contributed by atoms with van der Waals surface area (Å²) in [4.78, 5) is 52.1. The van der Waals surface area contributed by atoms with Crippen LogP contribution in [0.3, 0.4) is 0 Å². The van der Waals surface area contributed by atoms with Crippen LogP contribution in [0.5, 0.6) is 0 Å². The van der Waals surface area contributed by atoms with Gasteiger partial charge >= 0.3 is 5.97 Å². The fraction of sp³-hybridized carbons (Fsp3) is 0.188. The van der Waals surface area contributed by atoms with Gasteiger partial charge in [0.15, 0.2) is 6.10 Å². The van der Waals surface area contributed by atoms with Crippen molar-refractivity contribution in [3.05, 3.63) is 123 Å². The Hall–Kier alpha value is -5.63. The molecule has 238 valence electrons. The number of hydrogen-bond donors (Lipinski definition) is 2. The number of aromatic nitrogens is 4. The zero-order valence-electron chi connectivity index (χ0n) is 25.7. The second-order valence-corrected chi connectivity index (χ2v) is 12.2. The summed E-state index contributed by atoms with van der Waals surface area (Å²) in [7, 11) is -1.01. The van der Waals surface area contributed by atoms with E-state index in [0.717, 1.165) is 6.07 Å². The van der Waals surface area contributed by atoms with Gasteiger partial charge in [-0.1, -0.05) is 42.5 Å². The molecule has 0 spiro atoms. The lowest BCUT2D eigenvalue weighted by atomic mass is 10.2. The van der Waals surface area contributed by atoms with Crippen molar-refractivity contribution in [3.8, 4) is 11.4 Å². The third-order valence-corrected chi connectivity index (χ3v) is 8.97. The molecule has 0 saturated carbocycles. The molecule has 1 atom stereocenters. The first-order chi connectivity index (χ1) is 21.8. The molecule has 5 rings (SSSR count). The van der Waals surface area contributed by atoms with Gasteiger partial charge in [0, 0.05) is 14.1 Å². The van der Waals surface area contributed by atoms with E-state index >= 15 is 0 Å². The van der Waals surface area contributed by atoms with Gasteiger partial charge in [0.05, 0.1) is 33.2 Å². The summed E-state index contributed by atoms with van der Waals surface area (Å²) in [5.74, 6) is -1.72. The van der Waals surface area contributed by atoms with E-state index in [0.29, 0.717) is 22.8 Å². The third-order valence-electron chi connectivity index (χ3n) is 7.63. The lowest BCUT2D eigenvalue weighted by Gasteiger charge is -2.14. The Bertz CT molecular complexity index is 2180. The molecule has 0 bridgehead atoms. The molecular formula is C32H32N6O7S. The minimum atomic E-state index is -4.32. The largest absolute Gasteiger partial charge is 0.449 e. The number of ether oxygens (including phenoxy) is 1. The number of anilines is 2. The number of hydrogen-bond acceptors (Lipinski definition) is 7. The van der Waals surface area contributed by atoms with Gasteiger partial charge in [-0.05, 0) is 63.2 Å². The number of para-hydroxylation sites is 2. The van der Waals surface area contributed by atoms with Gasteiger partial charge in [-0.15, -0.1) is 0 Å². The Morgan fingerprint density at radius 2 is 1.24 bits per heavy atom. The topological polar surface area (TPSA) is 155 Å². The summed E-state index contributed by atoms with van der Waals surface area (Å²) in [6.45, 7) is 4.60. The van der Waals surface area contributed by atoms with Gasteiger partial charge in [-0.25, -0.2) is 22.6 Å². The monoisotopic (exact) mass is 644 g/mol. The van der Waals surface area contributed by atoms with Crippen LogP contribution in [0, 0.1) is 13.8 Å². The van der Waals surface area contributed by atoms with E-state index in [9.17, 15) is 27.6 Å². The second kappa shape index (κ2) is 12.4. The maximum absolute atomic E-state index is 13.3. The standard InChI is InChI=1S/C32H32N6O7S/c1-20-27(30(40)37(35(20)4)24-14-8-6-9-15-24)33-29(39)22(3)45-32(42)23-13-12-18-26(19-23)46(43,44)34-28-21(2)36(5)38(31(28)41)25-16-10-7-11-17-25/h6-19,22,34H,1-5H3,(H,33,39). The number of esters is 1. The molecule has 3 aromatic carbocycles. The highest BCUT2D eigenvalue weighted by atomic mass is 32.2. The van der Waals surface area contributed by atoms with Crippen LogP contribution in [0.15, 0.2) is 99.4 Å². The van der Waals surface area contributed by atoms with Crippen molar-refractivity contribution >= 4 is 33.3 Å². The molecule has 0 radical (unpaired) electrons. The van der Waals surface area contributed by atoms with Gasteiger partial charge in [0.1, 0.15) is 11.4 Å². The lowest BCUT2D eigenvalue weighted by Crippen LogP contribution is -2.32. The van der Waals surface area contributed by atoms with Gasteiger partial charge in [-0.3, -0.25) is 28.5 Å². The summed E-state index contributed by atoms with van der Waals surface area (Å²) < 4.78 is 40.2. The van der Waals surface area contributed by atoms with E-state index in [4.69, 9.17) is 4.74 Å². The van der Waals surface area contributed by atoms with Crippen LogP contribution in [0.2, 0.25) is 0 Å². The van der Waals surface area contributed by atoms with E-state index < -0.39 is 39.1 Å². The average molecular weight is 645 g/mol. The molecule has 1 unspecified atom stereocenters. The Balaban J connectivity index is 1.32. The van der Waals surface area contributed by atoms with Crippen LogP contribution in [0.1, 0.15) is 28.7 Å². The van der Waals surface area contributed by atoms with E-state index in [-0.39, 0.29) is 21.8 Å². The van der Waals surface area contributed by atoms with Gasteiger partial charge in [-0.2, -0.15) is 0 Å². The zero-order valence-corrected chi connectivity index (χ0v) is 26.5. The number of sulfonamides is 1. The summed E-state index contributed by atoms with van der Waals surface area (Å²) in [6, 6.07) is 22.7. The van der Waals surface area contributed by atoms with Crippen molar-refractivity contribution in [2.45, 2.75) is 31.8 Å². The van der Waals surface area contributed by atoms with Crippen LogP contribution < -0.4 is 21.2 Å². The maximum Gasteiger partial charge on any atom is 0.338 e. The molecule has 0 fully saturated rings. The highest BCUT2D eigenvalue weighted by Crippen LogP contribution is 2.21. The van der Waals surface area contributed by atoms with Crippen LogP contribution in [-0.4, -0.2) is 45.1 Å². The normalized spacial score (nSPS) is 12.0. The Kier molecular flexibility index (Phi) is 8.57. The molecule has 2 N–H and O–H groups in total. The van der Waals surface area contributed by atoms with Crippen LogP contribution >= 0.6 is 0 Å². The SMILES string of the molecule is Cc1c(NC(=O)C(C)OC(=O)c2cccc(S(=O)(=O)Nc3c(C)n(C)n(-c4ccccc4)c3=O)c2)c(=O)n(-c2ccccc2)n1C. The van der Waals surface area contributed by atoms with Crippen molar-refractivity contribution in [1.82, 2.24) is 18.7 Å². The zero-order chi connectivity index (χ0) is 33.3. The molecule has 5 aromatic rings. The molecular weight excluding hydrogens is 612 g/mol. The van der Waals surface area contributed by atoms with Crippen molar-refractivity contribution in [1.29, 1.82) is 0 Å². The molecule has 0 aliphatic rings. The van der Waals surface area contributed by atoms with Gasteiger partial charge in [0.2, 0.25) is 0 Å². The van der Waals surface area contributed by atoms with Crippen molar-refractivity contribution < 1.29 is 22.7 Å². The second-order valence-electron chi connectivity index (χ2n) is 10.5. The van der Waals surface area contributed by atoms with Gasteiger partial charge in [0.25, 0.3) is 27.0 Å². The summed E-state index contributed by atoms with van der Waals surface area (Å²) in [5, 5.41) is 2.55. The fourth-order valence-electron chi connectivity index (χ4n) is 4.89. The number of carbonyl (C=O) groups excluding carboxylic acids is 2. The highest BCUT2D eigenvalue weighted by Gasteiger charge is 2.26. The number of benzene rings is 3. The minimum Gasteiger partial charge on any atom is -0.449 e. The third kappa shape index (κ3) is 5.89. The van der Waals surface area contributed by atoms with Crippen LogP contribution in [0.25, 0.3) is 11.4 Å². The van der Waals surface area contributed by atoms with E-state index in [2.05, 4.69) is 10.0 Å². The molecule has 0 aliphatic heterocycles.